The molecule has 0 N–H and O–H groups in total. The number of aromatic nitrogens is 1. The molecule has 0 spiro atoms. The van der Waals surface area contributed by atoms with E-state index < -0.39 is 0 Å². The van der Waals surface area contributed by atoms with Gasteiger partial charge in [0.15, 0.2) is 0 Å². The number of carbonyl (C=O) groups is 1. The van der Waals surface area contributed by atoms with E-state index in [0.717, 1.165) is 28.5 Å². The number of anilines is 1. The van der Waals surface area contributed by atoms with Crippen LogP contribution in [0.15, 0.2) is 60.7 Å². The molecule has 1 aromatic heterocycles. The summed E-state index contributed by atoms with van der Waals surface area (Å²) in [7, 11) is 0. The van der Waals surface area contributed by atoms with E-state index in [1.807, 2.05) is 55.5 Å². The Morgan fingerprint density at radius 2 is 1.62 bits per heavy atom. The number of ether oxygens (including phenoxy) is 1. The molecule has 1 amide bonds. The highest BCUT2D eigenvalue weighted by molar-refractivity contribution is 6.06. The van der Waals surface area contributed by atoms with Crippen LogP contribution in [0.2, 0.25) is 0 Å². The second kappa shape index (κ2) is 9.11. The van der Waals surface area contributed by atoms with Gasteiger partial charge < -0.3 is 14.2 Å². The van der Waals surface area contributed by atoms with E-state index in [0.29, 0.717) is 18.7 Å². The summed E-state index contributed by atoms with van der Waals surface area (Å²) in [4.78, 5) is 14.8. The van der Waals surface area contributed by atoms with Gasteiger partial charge in [0.2, 0.25) is 0 Å². The summed E-state index contributed by atoms with van der Waals surface area (Å²) in [6.07, 6.45) is 0.263. The fourth-order valence-electron chi connectivity index (χ4n) is 3.38. The maximum atomic E-state index is 13.2. The van der Waals surface area contributed by atoms with Crippen LogP contribution in [0.5, 0.6) is 5.75 Å². The lowest BCUT2D eigenvalue weighted by atomic mass is 10.1. The van der Waals surface area contributed by atoms with E-state index in [1.54, 1.807) is 4.90 Å². The summed E-state index contributed by atoms with van der Waals surface area (Å²) >= 11 is 0. The van der Waals surface area contributed by atoms with Crippen LogP contribution in [0.4, 0.5) is 5.69 Å². The Kier molecular flexibility index (Phi) is 6.36. The van der Waals surface area contributed by atoms with E-state index in [-0.39, 0.29) is 12.3 Å². The molecule has 29 heavy (non-hydrogen) atoms. The molecular formula is C24H25N3O2. The van der Waals surface area contributed by atoms with Gasteiger partial charge in [0, 0.05) is 34.9 Å². The molecule has 0 radical (unpaired) electrons. The Morgan fingerprint density at radius 3 is 2.17 bits per heavy atom. The Labute approximate surface area is 171 Å². The summed E-state index contributed by atoms with van der Waals surface area (Å²) in [5.74, 6) is 0.627. The third kappa shape index (κ3) is 4.49. The Balaban J connectivity index is 1.86. The first kappa shape index (κ1) is 20.2. The number of amides is 1. The molecule has 3 rings (SSSR count). The van der Waals surface area contributed by atoms with Crippen molar-refractivity contribution in [3.8, 4) is 17.5 Å². The predicted molar refractivity (Wildman–Crippen MR) is 115 cm³/mol. The van der Waals surface area contributed by atoms with Crippen molar-refractivity contribution in [1.82, 2.24) is 4.57 Å². The molecule has 2 aromatic carbocycles. The van der Waals surface area contributed by atoms with Crippen molar-refractivity contribution < 1.29 is 9.53 Å². The van der Waals surface area contributed by atoms with Crippen LogP contribution in [0.25, 0.3) is 5.69 Å². The van der Waals surface area contributed by atoms with Gasteiger partial charge in [-0.2, -0.15) is 5.26 Å². The van der Waals surface area contributed by atoms with Crippen LogP contribution >= 0.6 is 0 Å². The number of nitrogens with zero attached hydrogens (tertiary/aromatic N) is 3. The highest BCUT2D eigenvalue weighted by atomic mass is 16.5. The van der Waals surface area contributed by atoms with Gasteiger partial charge >= 0.3 is 0 Å². The van der Waals surface area contributed by atoms with Gasteiger partial charge in [0.1, 0.15) is 5.75 Å². The molecule has 0 aliphatic heterocycles. The topological polar surface area (TPSA) is 58.3 Å². The normalized spacial score (nSPS) is 10.4. The van der Waals surface area contributed by atoms with E-state index in [4.69, 9.17) is 10.00 Å². The number of carbonyl (C=O) groups excluding carboxylic acids is 1. The summed E-state index contributed by atoms with van der Waals surface area (Å²) in [6, 6.07) is 21.2. The van der Waals surface area contributed by atoms with Gasteiger partial charge in [-0.05, 0) is 81.4 Å². The second-order valence-electron chi connectivity index (χ2n) is 6.79. The van der Waals surface area contributed by atoms with Crippen molar-refractivity contribution in [2.24, 2.45) is 0 Å². The van der Waals surface area contributed by atoms with Gasteiger partial charge in [-0.3, -0.25) is 4.79 Å². The molecule has 3 aromatic rings. The fraction of sp³-hybridized carbons (Fsp3) is 0.250. The SMILES string of the molecule is CCOc1ccc(N(CCC#N)C(=O)c2ccc(-n3c(C)ccc3C)cc2)cc1. The van der Waals surface area contributed by atoms with Gasteiger partial charge in [0.05, 0.1) is 19.1 Å². The summed E-state index contributed by atoms with van der Waals surface area (Å²) in [5, 5.41) is 9.01. The highest BCUT2D eigenvalue weighted by Crippen LogP contribution is 2.23. The average molecular weight is 387 g/mol. The summed E-state index contributed by atoms with van der Waals surface area (Å²) in [5.41, 5.74) is 4.64. The zero-order valence-electron chi connectivity index (χ0n) is 17.1. The quantitative estimate of drug-likeness (QED) is 0.570. The summed E-state index contributed by atoms with van der Waals surface area (Å²) in [6.45, 7) is 6.96. The number of hydrogen-bond donors (Lipinski definition) is 0. The lowest BCUT2D eigenvalue weighted by Crippen LogP contribution is -2.31. The zero-order chi connectivity index (χ0) is 20.8. The number of nitriles is 1. The summed E-state index contributed by atoms with van der Waals surface area (Å²) < 4.78 is 7.62. The van der Waals surface area contributed by atoms with E-state index in [2.05, 4.69) is 36.6 Å². The van der Waals surface area contributed by atoms with Crippen molar-refractivity contribution >= 4 is 11.6 Å². The second-order valence-corrected chi connectivity index (χ2v) is 6.79. The van der Waals surface area contributed by atoms with E-state index >= 15 is 0 Å². The minimum atomic E-state index is -0.128. The fourth-order valence-corrected chi connectivity index (χ4v) is 3.38. The molecule has 0 unspecified atom stereocenters. The Morgan fingerprint density at radius 1 is 1.00 bits per heavy atom. The Bertz CT molecular complexity index is 992. The number of rotatable bonds is 7. The minimum absolute atomic E-state index is 0.128. The van der Waals surface area contributed by atoms with Gasteiger partial charge in [0.25, 0.3) is 5.91 Å². The van der Waals surface area contributed by atoms with E-state index in [1.165, 1.54) is 0 Å². The van der Waals surface area contributed by atoms with Crippen molar-refractivity contribution in [2.75, 3.05) is 18.1 Å². The molecule has 0 aliphatic carbocycles. The standard InChI is InChI=1S/C24H25N3O2/c1-4-29-23-14-12-21(13-15-23)26(17-5-16-25)24(28)20-8-10-22(11-9-20)27-18(2)6-7-19(27)3/h6-15H,4-5,17H2,1-3H3. The van der Waals surface area contributed by atoms with Gasteiger partial charge in [-0.1, -0.05) is 0 Å². The molecule has 0 fully saturated rings. The largest absolute Gasteiger partial charge is 0.494 e. The lowest BCUT2D eigenvalue weighted by Gasteiger charge is -2.22. The molecule has 5 nitrogen and oxygen atoms in total. The average Bonchev–Trinajstić information content (AvgIpc) is 3.07. The van der Waals surface area contributed by atoms with Crippen LogP contribution < -0.4 is 9.64 Å². The maximum absolute atomic E-state index is 13.2. The minimum Gasteiger partial charge on any atom is -0.494 e. The maximum Gasteiger partial charge on any atom is 0.258 e. The lowest BCUT2D eigenvalue weighted by molar-refractivity contribution is 0.0987. The Hall–Kier alpha value is -3.52. The first-order chi connectivity index (χ1) is 14.0. The molecule has 0 atom stereocenters. The highest BCUT2D eigenvalue weighted by Gasteiger charge is 2.18. The first-order valence-electron chi connectivity index (χ1n) is 9.72. The molecule has 0 aliphatic rings. The van der Waals surface area contributed by atoms with Crippen LogP contribution in [0, 0.1) is 25.2 Å². The van der Waals surface area contributed by atoms with Crippen LogP contribution in [0.1, 0.15) is 35.1 Å². The first-order valence-corrected chi connectivity index (χ1v) is 9.72. The van der Waals surface area contributed by atoms with Crippen LogP contribution in [-0.2, 0) is 0 Å². The molecule has 5 heteroatoms. The van der Waals surface area contributed by atoms with Crippen LogP contribution in [0.3, 0.4) is 0 Å². The third-order valence-corrected chi connectivity index (χ3v) is 4.80. The van der Waals surface area contributed by atoms with E-state index in [9.17, 15) is 4.79 Å². The van der Waals surface area contributed by atoms with Crippen molar-refractivity contribution in [3.63, 3.8) is 0 Å². The predicted octanol–water partition coefficient (Wildman–Crippen LogP) is 5.05. The number of aryl methyl sites for hydroxylation is 2. The van der Waals surface area contributed by atoms with Crippen LogP contribution in [-0.4, -0.2) is 23.6 Å². The number of benzene rings is 2. The molecular weight excluding hydrogens is 362 g/mol. The van der Waals surface area contributed by atoms with Gasteiger partial charge in [-0.15, -0.1) is 0 Å². The smallest absolute Gasteiger partial charge is 0.258 e. The van der Waals surface area contributed by atoms with Crippen molar-refractivity contribution in [1.29, 1.82) is 5.26 Å². The number of hydrogen-bond acceptors (Lipinski definition) is 3. The molecule has 1 heterocycles. The molecule has 148 valence electrons. The molecule has 0 bridgehead atoms. The third-order valence-electron chi connectivity index (χ3n) is 4.80. The van der Waals surface area contributed by atoms with Gasteiger partial charge in [-0.25, -0.2) is 0 Å². The van der Waals surface area contributed by atoms with Crippen molar-refractivity contribution in [2.45, 2.75) is 27.2 Å². The van der Waals surface area contributed by atoms with Crippen molar-refractivity contribution in [3.05, 3.63) is 77.6 Å². The molecule has 0 saturated carbocycles. The monoisotopic (exact) mass is 387 g/mol. The molecule has 0 saturated heterocycles. The zero-order valence-corrected chi connectivity index (χ0v) is 17.1.